The molecule has 0 saturated heterocycles. The van der Waals surface area contributed by atoms with E-state index in [1.54, 1.807) is 10.9 Å². The molecule has 0 fully saturated rings. The van der Waals surface area contributed by atoms with Gasteiger partial charge in [0.1, 0.15) is 0 Å². The summed E-state index contributed by atoms with van der Waals surface area (Å²) in [4.78, 5) is 25.0. The smallest absolute Gasteiger partial charge is 0.336 e. The van der Waals surface area contributed by atoms with Crippen molar-refractivity contribution in [2.45, 2.75) is 39.0 Å². The van der Waals surface area contributed by atoms with Crippen LogP contribution in [-0.2, 0) is 21.4 Å². The summed E-state index contributed by atoms with van der Waals surface area (Å²) in [5.41, 5.74) is 4.70. The molecule has 1 atom stereocenters. The van der Waals surface area contributed by atoms with Gasteiger partial charge in [-0.1, -0.05) is 0 Å². The molecular weight excluding hydrogens is 294 g/mol. The van der Waals surface area contributed by atoms with E-state index in [1.165, 1.54) is 7.11 Å². The number of allylic oxidation sites excluding steroid dienone is 3. The standard InChI is InChI=1S/C17H21N3O3/c1-9-14(17(22)23-4)15(11-8-18-20(3)10(11)2)16-12(19-9)6-5-7-13(16)21/h8,15,19H,5-7H2,1-4H3/t15-/m0/s1. The SMILES string of the molecule is COC(=O)C1=C(C)NC2=C(C(=O)CCC2)[C@H]1c1cnn(C)c1C. The summed E-state index contributed by atoms with van der Waals surface area (Å²) in [7, 11) is 3.22. The highest BCUT2D eigenvalue weighted by Crippen LogP contribution is 2.43. The van der Waals surface area contributed by atoms with Crippen molar-refractivity contribution in [3.05, 3.63) is 40.0 Å². The maximum atomic E-state index is 12.6. The van der Waals surface area contributed by atoms with Crippen molar-refractivity contribution in [1.82, 2.24) is 15.1 Å². The molecule has 1 aromatic rings. The normalized spacial score (nSPS) is 21.2. The number of methoxy groups -OCH3 is 1. The maximum Gasteiger partial charge on any atom is 0.336 e. The van der Waals surface area contributed by atoms with E-state index < -0.39 is 11.9 Å². The van der Waals surface area contributed by atoms with Crippen LogP contribution in [-0.4, -0.2) is 28.6 Å². The zero-order valence-electron chi connectivity index (χ0n) is 13.9. The van der Waals surface area contributed by atoms with Gasteiger partial charge in [0, 0.05) is 41.7 Å². The number of esters is 1. The number of ketones is 1. The molecule has 1 aliphatic heterocycles. The molecule has 1 aromatic heterocycles. The van der Waals surface area contributed by atoms with Crippen molar-refractivity contribution in [3.63, 3.8) is 0 Å². The van der Waals surface area contributed by atoms with Gasteiger partial charge in [0.15, 0.2) is 5.78 Å². The molecule has 0 aromatic carbocycles. The molecule has 23 heavy (non-hydrogen) atoms. The fraction of sp³-hybridized carbons (Fsp3) is 0.471. The number of rotatable bonds is 2. The summed E-state index contributed by atoms with van der Waals surface area (Å²) in [6.07, 6.45) is 3.92. The van der Waals surface area contributed by atoms with Crippen LogP contribution in [0.5, 0.6) is 0 Å². The van der Waals surface area contributed by atoms with E-state index in [2.05, 4.69) is 10.4 Å². The van der Waals surface area contributed by atoms with Crippen LogP contribution in [0.25, 0.3) is 0 Å². The lowest BCUT2D eigenvalue weighted by Crippen LogP contribution is -2.34. The molecular formula is C17H21N3O3. The van der Waals surface area contributed by atoms with Gasteiger partial charge in [0.2, 0.25) is 0 Å². The van der Waals surface area contributed by atoms with Crippen LogP contribution in [0.1, 0.15) is 43.4 Å². The molecule has 3 rings (SSSR count). The third kappa shape index (κ3) is 2.38. The molecule has 1 aliphatic carbocycles. The second-order valence-corrected chi connectivity index (χ2v) is 6.07. The first-order valence-electron chi connectivity index (χ1n) is 7.76. The first-order chi connectivity index (χ1) is 11.0. The van der Waals surface area contributed by atoms with E-state index in [9.17, 15) is 9.59 Å². The summed E-state index contributed by atoms with van der Waals surface area (Å²) in [5, 5.41) is 7.54. The largest absolute Gasteiger partial charge is 0.466 e. The van der Waals surface area contributed by atoms with Crippen LogP contribution in [0.15, 0.2) is 28.7 Å². The predicted molar refractivity (Wildman–Crippen MR) is 84.4 cm³/mol. The Hall–Kier alpha value is -2.37. The minimum atomic E-state index is -0.409. The number of ether oxygens (including phenoxy) is 1. The first-order valence-corrected chi connectivity index (χ1v) is 7.76. The molecule has 0 amide bonds. The minimum absolute atomic E-state index is 0.0981. The van der Waals surface area contributed by atoms with Crippen molar-refractivity contribution < 1.29 is 14.3 Å². The number of aryl methyl sites for hydroxylation is 1. The molecule has 6 heteroatoms. The van der Waals surface area contributed by atoms with Gasteiger partial charge in [-0.25, -0.2) is 4.79 Å². The number of hydrogen-bond donors (Lipinski definition) is 1. The molecule has 0 unspecified atom stereocenters. The van der Waals surface area contributed by atoms with Crippen LogP contribution in [0, 0.1) is 6.92 Å². The van der Waals surface area contributed by atoms with Crippen molar-refractivity contribution in [1.29, 1.82) is 0 Å². The Morgan fingerprint density at radius 3 is 2.74 bits per heavy atom. The van der Waals surface area contributed by atoms with Gasteiger partial charge in [-0.3, -0.25) is 9.48 Å². The third-order valence-corrected chi connectivity index (χ3v) is 4.77. The Morgan fingerprint density at radius 2 is 2.13 bits per heavy atom. The van der Waals surface area contributed by atoms with Gasteiger partial charge in [0.25, 0.3) is 0 Å². The van der Waals surface area contributed by atoms with E-state index in [0.717, 1.165) is 35.5 Å². The van der Waals surface area contributed by atoms with Crippen LogP contribution < -0.4 is 5.32 Å². The highest BCUT2D eigenvalue weighted by atomic mass is 16.5. The highest BCUT2D eigenvalue weighted by molar-refractivity contribution is 6.03. The summed E-state index contributed by atoms with van der Waals surface area (Å²) < 4.78 is 6.73. The van der Waals surface area contributed by atoms with E-state index in [1.807, 2.05) is 20.9 Å². The average molecular weight is 315 g/mol. The van der Waals surface area contributed by atoms with Gasteiger partial charge in [-0.15, -0.1) is 0 Å². The quantitative estimate of drug-likeness (QED) is 0.844. The monoisotopic (exact) mass is 315 g/mol. The number of carbonyl (C=O) groups excluding carboxylic acids is 2. The number of aromatic nitrogens is 2. The van der Waals surface area contributed by atoms with E-state index in [4.69, 9.17) is 4.74 Å². The summed E-state index contributed by atoms with van der Waals surface area (Å²) in [5.74, 6) is -0.714. The Kier molecular flexibility index (Phi) is 3.83. The fourth-order valence-corrected chi connectivity index (χ4v) is 3.47. The molecule has 122 valence electrons. The second-order valence-electron chi connectivity index (χ2n) is 6.07. The van der Waals surface area contributed by atoms with Crippen LogP contribution in [0.4, 0.5) is 0 Å². The number of nitrogens with one attached hydrogen (secondary N) is 1. The molecule has 0 radical (unpaired) electrons. The molecule has 6 nitrogen and oxygen atoms in total. The minimum Gasteiger partial charge on any atom is -0.466 e. The topological polar surface area (TPSA) is 73.2 Å². The molecule has 2 heterocycles. The van der Waals surface area contributed by atoms with Crippen molar-refractivity contribution >= 4 is 11.8 Å². The van der Waals surface area contributed by atoms with Crippen LogP contribution in [0.3, 0.4) is 0 Å². The summed E-state index contributed by atoms with van der Waals surface area (Å²) in [6.45, 7) is 3.80. The number of nitrogens with zero attached hydrogens (tertiary/aromatic N) is 2. The average Bonchev–Trinajstić information content (AvgIpc) is 2.85. The van der Waals surface area contributed by atoms with Crippen molar-refractivity contribution in [2.75, 3.05) is 7.11 Å². The van der Waals surface area contributed by atoms with Crippen LogP contribution >= 0.6 is 0 Å². The Bertz CT molecular complexity index is 755. The van der Waals surface area contributed by atoms with Crippen molar-refractivity contribution in [2.24, 2.45) is 7.05 Å². The fourth-order valence-electron chi connectivity index (χ4n) is 3.47. The van der Waals surface area contributed by atoms with Gasteiger partial charge in [-0.05, 0) is 26.7 Å². The molecule has 0 bridgehead atoms. The Balaban J connectivity index is 2.23. The van der Waals surface area contributed by atoms with Gasteiger partial charge in [-0.2, -0.15) is 5.10 Å². The Morgan fingerprint density at radius 1 is 1.39 bits per heavy atom. The lowest BCUT2D eigenvalue weighted by atomic mass is 9.75. The highest BCUT2D eigenvalue weighted by Gasteiger charge is 2.40. The lowest BCUT2D eigenvalue weighted by molar-refractivity contribution is -0.136. The number of dihydropyridines is 1. The summed E-state index contributed by atoms with van der Waals surface area (Å²) in [6, 6.07) is 0. The molecule has 0 spiro atoms. The van der Waals surface area contributed by atoms with Gasteiger partial charge >= 0.3 is 5.97 Å². The number of hydrogen-bond acceptors (Lipinski definition) is 5. The first kappa shape index (κ1) is 15.5. The molecule has 2 aliphatic rings. The maximum absolute atomic E-state index is 12.6. The third-order valence-electron chi connectivity index (χ3n) is 4.77. The molecule has 1 N–H and O–H groups in total. The molecule has 0 saturated carbocycles. The Labute approximate surface area is 135 Å². The van der Waals surface area contributed by atoms with E-state index in [0.29, 0.717) is 17.6 Å². The number of Topliss-reactive ketones (excluding diaryl/α,β-unsaturated/α-hetero) is 1. The van der Waals surface area contributed by atoms with E-state index >= 15 is 0 Å². The zero-order valence-corrected chi connectivity index (χ0v) is 13.9. The van der Waals surface area contributed by atoms with Crippen LogP contribution in [0.2, 0.25) is 0 Å². The summed E-state index contributed by atoms with van der Waals surface area (Å²) >= 11 is 0. The lowest BCUT2D eigenvalue weighted by Gasteiger charge is -2.33. The number of carbonyl (C=O) groups is 2. The van der Waals surface area contributed by atoms with Gasteiger partial charge in [0.05, 0.1) is 24.8 Å². The van der Waals surface area contributed by atoms with Crippen molar-refractivity contribution in [3.8, 4) is 0 Å². The second kappa shape index (κ2) is 5.68. The van der Waals surface area contributed by atoms with Gasteiger partial charge < -0.3 is 10.1 Å². The predicted octanol–water partition coefficient (Wildman–Crippen LogP) is 1.87. The van der Waals surface area contributed by atoms with E-state index in [-0.39, 0.29) is 5.78 Å². The zero-order chi connectivity index (χ0) is 16.7.